The number of anilines is 1. The summed E-state index contributed by atoms with van der Waals surface area (Å²) in [5.74, 6) is 1.16. The Kier molecular flexibility index (Phi) is 5.09. The maximum absolute atomic E-state index is 13.1. The van der Waals surface area contributed by atoms with Crippen molar-refractivity contribution in [2.24, 2.45) is 0 Å². The molecule has 3 rings (SSSR count). The number of benzene rings is 2. The molecule has 0 saturated carbocycles. The summed E-state index contributed by atoms with van der Waals surface area (Å²) in [5, 5.41) is 0. The zero-order valence-corrected chi connectivity index (χ0v) is 14.3. The van der Waals surface area contributed by atoms with Gasteiger partial charge in [-0.15, -0.1) is 0 Å². The first kappa shape index (κ1) is 16.7. The number of hydrogen-bond acceptors (Lipinski definition) is 3. The van der Waals surface area contributed by atoms with Crippen LogP contribution in [0.3, 0.4) is 0 Å². The second kappa shape index (κ2) is 7.62. The summed E-state index contributed by atoms with van der Waals surface area (Å²) in [6, 6.07) is 20.9. The van der Waals surface area contributed by atoms with Crippen LogP contribution in [0.2, 0.25) is 0 Å². The van der Waals surface area contributed by atoms with E-state index in [4.69, 9.17) is 4.74 Å². The highest BCUT2D eigenvalue weighted by atomic mass is 16.5. The Morgan fingerprint density at radius 2 is 1.84 bits per heavy atom. The molecule has 25 heavy (non-hydrogen) atoms. The van der Waals surface area contributed by atoms with Gasteiger partial charge in [-0.3, -0.25) is 9.69 Å². The lowest BCUT2D eigenvalue weighted by Crippen LogP contribution is -2.31. The number of pyridine rings is 1. The van der Waals surface area contributed by atoms with Crippen LogP contribution in [0.15, 0.2) is 72.9 Å². The summed E-state index contributed by atoms with van der Waals surface area (Å²) in [5.41, 5.74) is 2.80. The van der Waals surface area contributed by atoms with Gasteiger partial charge in [0, 0.05) is 11.8 Å². The normalized spacial score (nSPS) is 10.3. The van der Waals surface area contributed by atoms with Crippen molar-refractivity contribution in [3.63, 3.8) is 0 Å². The molecule has 126 valence electrons. The van der Waals surface area contributed by atoms with Crippen LogP contribution in [0.4, 0.5) is 5.82 Å². The molecule has 0 radical (unpaired) electrons. The molecule has 0 unspecified atom stereocenters. The third kappa shape index (κ3) is 4.04. The maximum Gasteiger partial charge on any atom is 0.259 e. The van der Waals surface area contributed by atoms with Crippen LogP contribution in [-0.2, 0) is 6.54 Å². The van der Waals surface area contributed by atoms with E-state index in [1.54, 1.807) is 30.3 Å². The SMILES string of the molecule is COc1cccc(C(=O)N(Cc2ccc(C)cc2)c2ccccn2)c1. The molecule has 1 amide bonds. The van der Waals surface area contributed by atoms with E-state index in [1.807, 2.05) is 61.5 Å². The summed E-state index contributed by atoms with van der Waals surface area (Å²) in [6.45, 7) is 2.50. The lowest BCUT2D eigenvalue weighted by atomic mass is 10.1. The van der Waals surface area contributed by atoms with Gasteiger partial charge in [-0.05, 0) is 42.8 Å². The number of nitrogens with zero attached hydrogens (tertiary/aromatic N) is 2. The molecule has 0 spiro atoms. The molecule has 0 fully saturated rings. The van der Waals surface area contributed by atoms with E-state index >= 15 is 0 Å². The van der Waals surface area contributed by atoms with Crippen molar-refractivity contribution in [3.8, 4) is 5.75 Å². The van der Waals surface area contributed by atoms with E-state index in [1.165, 1.54) is 5.56 Å². The predicted molar refractivity (Wildman–Crippen MR) is 98.9 cm³/mol. The summed E-state index contributed by atoms with van der Waals surface area (Å²) in [4.78, 5) is 19.2. The summed E-state index contributed by atoms with van der Waals surface area (Å²) < 4.78 is 5.24. The van der Waals surface area contributed by atoms with Gasteiger partial charge in [-0.2, -0.15) is 0 Å². The number of amides is 1. The number of aromatic nitrogens is 1. The zero-order chi connectivity index (χ0) is 17.6. The van der Waals surface area contributed by atoms with Crippen molar-refractivity contribution in [1.82, 2.24) is 4.98 Å². The Balaban J connectivity index is 1.95. The number of hydrogen-bond donors (Lipinski definition) is 0. The van der Waals surface area contributed by atoms with Crippen molar-refractivity contribution in [2.75, 3.05) is 12.0 Å². The molecule has 0 bridgehead atoms. The topological polar surface area (TPSA) is 42.4 Å². The molecule has 3 aromatic rings. The first-order valence-corrected chi connectivity index (χ1v) is 8.10. The molecule has 0 aliphatic rings. The van der Waals surface area contributed by atoms with Crippen molar-refractivity contribution in [1.29, 1.82) is 0 Å². The van der Waals surface area contributed by atoms with Crippen molar-refractivity contribution in [2.45, 2.75) is 13.5 Å². The Hall–Kier alpha value is -3.14. The highest BCUT2D eigenvalue weighted by Crippen LogP contribution is 2.20. The van der Waals surface area contributed by atoms with Crippen molar-refractivity contribution >= 4 is 11.7 Å². The van der Waals surface area contributed by atoms with Crippen LogP contribution < -0.4 is 9.64 Å². The number of carbonyl (C=O) groups is 1. The second-order valence-corrected chi connectivity index (χ2v) is 5.80. The van der Waals surface area contributed by atoms with Crippen molar-refractivity contribution < 1.29 is 9.53 Å². The molecule has 2 aromatic carbocycles. The summed E-state index contributed by atoms with van der Waals surface area (Å²) in [6.07, 6.45) is 1.69. The van der Waals surface area contributed by atoms with Gasteiger partial charge >= 0.3 is 0 Å². The largest absolute Gasteiger partial charge is 0.497 e. The van der Waals surface area contributed by atoms with Gasteiger partial charge in [0.15, 0.2) is 0 Å². The first-order valence-electron chi connectivity index (χ1n) is 8.10. The summed E-state index contributed by atoms with van der Waals surface area (Å²) >= 11 is 0. The van der Waals surface area contributed by atoms with Gasteiger partial charge < -0.3 is 4.74 Å². The van der Waals surface area contributed by atoms with Crippen molar-refractivity contribution in [3.05, 3.63) is 89.6 Å². The van der Waals surface area contributed by atoms with Gasteiger partial charge in [-0.1, -0.05) is 42.0 Å². The Morgan fingerprint density at radius 3 is 2.52 bits per heavy atom. The minimum absolute atomic E-state index is 0.113. The minimum atomic E-state index is -0.113. The first-order chi connectivity index (χ1) is 12.2. The van der Waals surface area contributed by atoms with Crippen LogP contribution >= 0.6 is 0 Å². The standard InChI is InChI=1S/C21H20N2O2/c1-16-9-11-17(12-10-16)15-23(20-8-3-4-13-22-20)21(24)18-6-5-7-19(14-18)25-2/h3-14H,15H2,1-2H3. The van der Waals surface area contributed by atoms with Crippen LogP contribution in [-0.4, -0.2) is 18.0 Å². The molecule has 4 nitrogen and oxygen atoms in total. The average Bonchev–Trinajstić information content (AvgIpc) is 2.67. The van der Waals surface area contributed by atoms with Gasteiger partial charge in [0.05, 0.1) is 13.7 Å². The van der Waals surface area contributed by atoms with Gasteiger partial charge in [-0.25, -0.2) is 4.98 Å². The molecule has 0 aliphatic heterocycles. The van der Waals surface area contributed by atoms with E-state index in [0.717, 1.165) is 5.56 Å². The molecule has 0 N–H and O–H groups in total. The predicted octanol–water partition coefficient (Wildman–Crippen LogP) is 4.25. The third-order valence-electron chi connectivity index (χ3n) is 3.95. The average molecular weight is 332 g/mol. The van der Waals surface area contributed by atoms with E-state index in [0.29, 0.717) is 23.7 Å². The minimum Gasteiger partial charge on any atom is -0.497 e. The number of ether oxygens (including phenoxy) is 1. The number of carbonyl (C=O) groups excluding carboxylic acids is 1. The van der Waals surface area contributed by atoms with Crippen LogP contribution in [0.1, 0.15) is 21.5 Å². The Bertz CT molecular complexity index is 845. The van der Waals surface area contributed by atoms with Crippen LogP contribution in [0.5, 0.6) is 5.75 Å². The molecule has 4 heteroatoms. The van der Waals surface area contributed by atoms with Crippen LogP contribution in [0.25, 0.3) is 0 Å². The lowest BCUT2D eigenvalue weighted by molar-refractivity contribution is 0.0984. The zero-order valence-electron chi connectivity index (χ0n) is 14.3. The fourth-order valence-electron chi connectivity index (χ4n) is 2.56. The van der Waals surface area contributed by atoms with Gasteiger partial charge in [0.2, 0.25) is 0 Å². The van der Waals surface area contributed by atoms with Gasteiger partial charge in [0.25, 0.3) is 5.91 Å². The fraction of sp³-hybridized carbons (Fsp3) is 0.143. The molecule has 1 aromatic heterocycles. The number of aryl methyl sites for hydroxylation is 1. The third-order valence-corrected chi connectivity index (χ3v) is 3.95. The molecule has 1 heterocycles. The van der Waals surface area contributed by atoms with E-state index in [9.17, 15) is 4.79 Å². The van der Waals surface area contributed by atoms with Gasteiger partial charge in [0.1, 0.15) is 11.6 Å². The van der Waals surface area contributed by atoms with E-state index in [-0.39, 0.29) is 5.91 Å². The monoisotopic (exact) mass is 332 g/mol. The molecule has 0 atom stereocenters. The maximum atomic E-state index is 13.1. The smallest absolute Gasteiger partial charge is 0.259 e. The quantitative estimate of drug-likeness (QED) is 0.701. The summed E-state index contributed by atoms with van der Waals surface area (Å²) in [7, 11) is 1.59. The second-order valence-electron chi connectivity index (χ2n) is 5.80. The molecule has 0 saturated heterocycles. The molecular weight excluding hydrogens is 312 g/mol. The van der Waals surface area contributed by atoms with Crippen LogP contribution in [0, 0.1) is 6.92 Å². The highest BCUT2D eigenvalue weighted by molar-refractivity contribution is 6.05. The van der Waals surface area contributed by atoms with E-state index < -0.39 is 0 Å². The van der Waals surface area contributed by atoms with E-state index in [2.05, 4.69) is 4.98 Å². The fourth-order valence-corrected chi connectivity index (χ4v) is 2.56. The number of rotatable bonds is 5. The number of methoxy groups -OCH3 is 1. The molecule has 0 aliphatic carbocycles. The molecular formula is C21H20N2O2. The Morgan fingerprint density at radius 1 is 1.04 bits per heavy atom. The lowest BCUT2D eigenvalue weighted by Gasteiger charge is -2.22. The highest BCUT2D eigenvalue weighted by Gasteiger charge is 2.19. The Labute approximate surface area is 147 Å².